The molecule has 142 valence electrons. The lowest BCUT2D eigenvalue weighted by Gasteiger charge is -2.22. The van der Waals surface area contributed by atoms with Crippen molar-refractivity contribution in [2.45, 2.75) is 25.7 Å². The zero-order valence-electron chi connectivity index (χ0n) is 15.0. The summed E-state index contributed by atoms with van der Waals surface area (Å²) in [5.41, 5.74) is 0.821. The number of carbonyl (C=O) groups is 2. The van der Waals surface area contributed by atoms with Gasteiger partial charge in [-0.05, 0) is 68.6 Å². The molecule has 0 aliphatic carbocycles. The predicted octanol–water partition coefficient (Wildman–Crippen LogP) is 3.19. The van der Waals surface area contributed by atoms with Crippen LogP contribution in [0.5, 0.6) is 0 Å². The Hall–Kier alpha value is -2.80. The monoisotopic (exact) mass is 370 g/mol. The van der Waals surface area contributed by atoms with E-state index in [1.165, 1.54) is 24.4 Å². The van der Waals surface area contributed by atoms with Crippen LogP contribution in [-0.2, 0) is 4.79 Å². The number of piperidine rings is 1. The highest BCUT2D eigenvalue weighted by Gasteiger charge is 2.16. The molecule has 27 heavy (non-hydrogen) atoms. The Morgan fingerprint density at radius 1 is 1.11 bits per heavy atom. The molecule has 1 fully saturated rings. The number of halogens is 1. The summed E-state index contributed by atoms with van der Waals surface area (Å²) >= 11 is 0. The molecule has 7 heteroatoms. The van der Waals surface area contributed by atoms with Gasteiger partial charge in [0.25, 0.3) is 5.91 Å². The second-order valence-electron chi connectivity index (χ2n) is 6.64. The third kappa shape index (κ3) is 5.59. The molecular formula is C20H23FN4O2. The van der Waals surface area contributed by atoms with Gasteiger partial charge in [0, 0.05) is 12.6 Å². The minimum Gasteiger partial charge on any atom is -0.324 e. The van der Waals surface area contributed by atoms with Crippen LogP contribution in [0.15, 0.2) is 42.6 Å². The average molecular weight is 370 g/mol. The summed E-state index contributed by atoms with van der Waals surface area (Å²) in [6, 6.07) is 8.86. The van der Waals surface area contributed by atoms with E-state index < -0.39 is 11.7 Å². The second-order valence-corrected chi connectivity index (χ2v) is 6.64. The topological polar surface area (TPSA) is 83.1 Å². The Kier molecular flexibility index (Phi) is 6.49. The number of rotatable bonds is 6. The van der Waals surface area contributed by atoms with Gasteiger partial charge in [0.15, 0.2) is 0 Å². The molecule has 3 N–H and O–H groups in total. The van der Waals surface area contributed by atoms with Gasteiger partial charge in [-0.15, -0.1) is 0 Å². The number of anilines is 2. The number of hydrogen-bond acceptors (Lipinski definition) is 4. The summed E-state index contributed by atoms with van der Waals surface area (Å²) in [7, 11) is 0. The second kappa shape index (κ2) is 9.23. The van der Waals surface area contributed by atoms with Crippen LogP contribution in [0.2, 0.25) is 0 Å². The number of aromatic nitrogens is 1. The van der Waals surface area contributed by atoms with E-state index in [0.29, 0.717) is 18.0 Å². The van der Waals surface area contributed by atoms with E-state index >= 15 is 0 Å². The predicted molar refractivity (Wildman–Crippen MR) is 102 cm³/mol. The van der Waals surface area contributed by atoms with E-state index in [4.69, 9.17) is 0 Å². The van der Waals surface area contributed by atoms with Crippen molar-refractivity contribution >= 4 is 23.2 Å². The normalized spacial score (nSPS) is 14.6. The third-order valence-electron chi connectivity index (χ3n) is 4.64. The van der Waals surface area contributed by atoms with Crippen molar-refractivity contribution in [3.63, 3.8) is 0 Å². The highest BCUT2D eigenvalue weighted by molar-refractivity contribution is 6.06. The minimum atomic E-state index is -0.487. The number of nitrogens with zero attached hydrogens (tertiary/aromatic N) is 1. The van der Waals surface area contributed by atoms with Crippen LogP contribution < -0.4 is 16.0 Å². The molecule has 0 atom stereocenters. The molecule has 3 rings (SSSR count). The number of carbonyl (C=O) groups excluding carboxylic acids is 2. The Balaban J connectivity index is 1.63. The fourth-order valence-corrected chi connectivity index (χ4v) is 3.13. The molecule has 0 radical (unpaired) electrons. The molecule has 2 heterocycles. The zero-order chi connectivity index (χ0) is 19.1. The van der Waals surface area contributed by atoms with Crippen LogP contribution in [0.3, 0.4) is 0 Å². The highest BCUT2D eigenvalue weighted by Crippen LogP contribution is 2.24. The largest absolute Gasteiger partial charge is 0.324 e. The maximum absolute atomic E-state index is 13.7. The van der Waals surface area contributed by atoms with E-state index in [1.807, 2.05) is 0 Å². The smallest absolute Gasteiger partial charge is 0.274 e. The van der Waals surface area contributed by atoms with E-state index in [0.717, 1.165) is 32.4 Å². The quantitative estimate of drug-likeness (QED) is 0.729. The van der Waals surface area contributed by atoms with Crippen LogP contribution in [0, 0.1) is 11.7 Å². The van der Waals surface area contributed by atoms with E-state index in [9.17, 15) is 14.0 Å². The third-order valence-corrected chi connectivity index (χ3v) is 4.64. The van der Waals surface area contributed by atoms with Crippen LogP contribution in [0.1, 0.15) is 36.2 Å². The first-order valence-electron chi connectivity index (χ1n) is 9.14. The molecule has 1 saturated heterocycles. The standard InChI is InChI=1S/C20H23FN4O2/c21-15-5-6-16(25-20(27)17-3-1-2-10-23-17)18(13-15)24-19(26)7-4-14-8-11-22-12-9-14/h1-3,5-6,10,13-14,22H,4,7-9,11-12H2,(H,24,26)(H,25,27). The van der Waals surface area contributed by atoms with Crippen LogP contribution >= 0.6 is 0 Å². The lowest BCUT2D eigenvalue weighted by atomic mass is 9.93. The first-order valence-corrected chi connectivity index (χ1v) is 9.14. The minimum absolute atomic E-state index is 0.188. The molecule has 1 aliphatic rings. The first kappa shape index (κ1) is 19.0. The van der Waals surface area contributed by atoms with Crippen LogP contribution in [-0.4, -0.2) is 29.9 Å². The fraction of sp³-hybridized carbons (Fsp3) is 0.350. The van der Waals surface area contributed by atoms with Gasteiger partial charge in [0.2, 0.25) is 5.91 Å². The molecule has 2 amide bonds. The fourth-order valence-electron chi connectivity index (χ4n) is 3.13. The summed E-state index contributed by atoms with van der Waals surface area (Å²) in [5, 5.41) is 8.69. The Bertz CT molecular complexity index is 792. The number of amides is 2. The van der Waals surface area contributed by atoms with Crippen molar-refractivity contribution in [2.75, 3.05) is 23.7 Å². The van der Waals surface area contributed by atoms with Gasteiger partial charge in [-0.3, -0.25) is 14.6 Å². The lowest BCUT2D eigenvalue weighted by molar-refractivity contribution is -0.116. The summed E-state index contributed by atoms with van der Waals surface area (Å²) in [5.74, 6) is -0.563. The summed E-state index contributed by atoms with van der Waals surface area (Å²) in [6.45, 7) is 1.97. The summed E-state index contributed by atoms with van der Waals surface area (Å²) < 4.78 is 13.7. The Morgan fingerprint density at radius 3 is 2.67 bits per heavy atom. The Labute approximate surface area is 157 Å². The molecule has 1 aliphatic heterocycles. The Morgan fingerprint density at radius 2 is 1.93 bits per heavy atom. The van der Waals surface area contributed by atoms with E-state index in [1.54, 1.807) is 18.2 Å². The average Bonchev–Trinajstić information content (AvgIpc) is 2.70. The van der Waals surface area contributed by atoms with Gasteiger partial charge in [-0.1, -0.05) is 6.07 Å². The zero-order valence-corrected chi connectivity index (χ0v) is 15.0. The van der Waals surface area contributed by atoms with E-state index in [2.05, 4.69) is 20.9 Å². The van der Waals surface area contributed by atoms with Crippen molar-refractivity contribution < 1.29 is 14.0 Å². The molecule has 0 spiro atoms. The first-order chi connectivity index (χ1) is 13.1. The van der Waals surface area contributed by atoms with Crippen molar-refractivity contribution in [2.24, 2.45) is 5.92 Å². The SMILES string of the molecule is O=C(CCC1CCNCC1)Nc1cc(F)ccc1NC(=O)c1ccccn1. The lowest BCUT2D eigenvalue weighted by Crippen LogP contribution is -2.28. The van der Waals surface area contributed by atoms with Crippen molar-refractivity contribution in [1.82, 2.24) is 10.3 Å². The maximum Gasteiger partial charge on any atom is 0.274 e. The molecule has 1 aromatic heterocycles. The summed E-state index contributed by atoms with van der Waals surface area (Å²) in [6.07, 6.45) is 4.83. The number of hydrogen-bond donors (Lipinski definition) is 3. The summed E-state index contributed by atoms with van der Waals surface area (Å²) in [4.78, 5) is 28.6. The molecule has 2 aromatic rings. The number of benzene rings is 1. The van der Waals surface area contributed by atoms with Gasteiger partial charge in [0.05, 0.1) is 11.4 Å². The number of nitrogens with one attached hydrogen (secondary N) is 3. The van der Waals surface area contributed by atoms with E-state index in [-0.39, 0.29) is 17.3 Å². The van der Waals surface area contributed by atoms with Gasteiger partial charge in [-0.2, -0.15) is 0 Å². The van der Waals surface area contributed by atoms with Gasteiger partial charge >= 0.3 is 0 Å². The molecule has 0 unspecified atom stereocenters. The maximum atomic E-state index is 13.7. The van der Waals surface area contributed by atoms with Gasteiger partial charge in [-0.25, -0.2) is 4.39 Å². The van der Waals surface area contributed by atoms with Gasteiger partial charge < -0.3 is 16.0 Å². The molecular weight excluding hydrogens is 347 g/mol. The molecule has 6 nitrogen and oxygen atoms in total. The van der Waals surface area contributed by atoms with Crippen LogP contribution in [0.4, 0.5) is 15.8 Å². The van der Waals surface area contributed by atoms with Gasteiger partial charge in [0.1, 0.15) is 11.5 Å². The molecule has 0 saturated carbocycles. The van der Waals surface area contributed by atoms with Crippen molar-refractivity contribution in [3.05, 3.63) is 54.1 Å². The van der Waals surface area contributed by atoms with Crippen LogP contribution in [0.25, 0.3) is 0 Å². The van der Waals surface area contributed by atoms with Crippen molar-refractivity contribution in [1.29, 1.82) is 0 Å². The highest BCUT2D eigenvalue weighted by atomic mass is 19.1. The van der Waals surface area contributed by atoms with Crippen molar-refractivity contribution in [3.8, 4) is 0 Å². The molecule has 1 aromatic carbocycles. The molecule has 0 bridgehead atoms. The number of pyridine rings is 1.